The molecule has 0 fully saturated rings. The van der Waals surface area contributed by atoms with Crippen LogP contribution in [0.1, 0.15) is 23.6 Å². The zero-order chi connectivity index (χ0) is 13.2. The molecular formula is C18H16O. The Hall–Kier alpha value is -2.28. The van der Waals surface area contributed by atoms with Gasteiger partial charge in [0.2, 0.25) is 0 Å². The number of rotatable bonds is 2. The molecular weight excluding hydrogens is 232 g/mol. The number of hydrogen-bond acceptors (Lipinski definition) is 1. The Labute approximate surface area is 113 Å². The van der Waals surface area contributed by atoms with Gasteiger partial charge in [0.05, 0.1) is 7.11 Å². The smallest absolute Gasteiger partial charge is 0.126 e. The van der Waals surface area contributed by atoms with Crippen LogP contribution >= 0.6 is 0 Å². The summed E-state index contributed by atoms with van der Waals surface area (Å²) in [4.78, 5) is 0. The highest BCUT2D eigenvalue weighted by Gasteiger charge is 2.18. The van der Waals surface area contributed by atoms with Crippen LogP contribution in [0.3, 0.4) is 0 Å². The topological polar surface area (TPSA) is 9.23 Å². The van der Waals surface area contributed by atoms with Crippen LogP contribution in [-0.2, 0) is 0 Å². The minimum absolute atomic E-state index is 0.938. The molecule has 0 aromatic heterocycles. The first-order chi connectivity index (χ1) is 9.29. The minimum atomic E-state index is 0.938. The molecule has 0 unspecified atom stereocenters. The third-order valence-corrected chi connectivity index (χ3v) is 3.47. The van der Waals surface area contributed by atoms with Gasteiger partial charge in [0.15, 0.2) is 0 Å². The van der Waals surface area contributed by atoms with E-state index in [1.54, 1.807) is 7.11 Å². The first kappa shape index (κ1) is 11.8. The van der Waals surface area contributed by atoms with Crippen LogP contribution in [-0.4, -0.2) is 7.11 Å². The molecule has 2 aromatic carbocycles. The fourth-order valence-electron chi connectivity index (χ4n) is 2.52. The van der Waals surface area contributed by atoms with Gasteiger partial charge in [0.25, 0.3) is 0 Å². The summed E-state index contributed by atoms with van der Waals surface area (Å²) in [7, 11) is 1.72. The third-order valence-electron chi connectivity index (χ3n) is 3.47. The number of benzene rings is 2. The Morgan fingerprint density at radius 3 is 2.47 bits per heavy atom. The lowest BCUT2D eigenvalue weighted by Gasteiger charge is -2.07. The number of ether oxygens (including phenoxy) is 1. The molecule has 0 bridgehead atoms. The van der Waals surface area contributed by atoms with E-state index in [2.05, 4.69) is 49.4 Å². The van der Waals surface area contributed by atoms with Crippen LogP contribution in [0, 0.1) is 0 Å². The minimum Gasteiger partial charge on any atom is -0.496 e. The highest BCUT2D eigenvalue weighted by atomic mass is 16.5. The molecule has 1 heteroatoms. The molecule has 19 heavy (non-hydrogen) atoms. The molecule has 94 valence electrons. The molecule has 0 heterocycles. The van der Waals surface area contributed by atoms with Crippen molar-refractivity contribution in [3.05, 3.63) is 70.8 Å². The highest BCUT2D eigenvalue weighted by molar-refractivity contribution is 6.02. The van der Waals surface area contributed by atoms with E-state index < -0.39 is 0 Å². The number of hydrogen-bond donors (Lipinski definition) is 0. The summed E-state index contributed by atoms with van der Waals surface area (Å²) >= 11 is 0. The van der Waals surface area contributed by atoms with Gasteiger partial charge in [-0.05, 0) is 47.4 Å². The summed E-state index contributed by atoms with van der Waals surface area (Å²) in [5.74, 6) is 0.938. The molecule has 0 atom stereocenters. The first-order valence-corrected chi connectivity index (χ1v) is 6.42. The molecule has 0 radical (unpaired) electrons. The van der Waals surface area contributed by atoms with Gasteiger partial charge in [-0.2, -0.15) is 0 Å². The Balaban J connectivity index is 2.13. The second-order valence-electron chi connectivity index (χ2n) is 4.72. The summed E-state index contributed by atoms with van der Waals surface area (Å²) in [6.45, 7) is 2.15. The largest absolute Gasteiger partial charge is 0.496 e. The summed E-state index contributed by atoms with van der Waals surface area (Å²) in [6, 6.07) is 16.6. The van der Waals surface area contributed by atoms with Crippen LogP contribution in [0.2, 0.25) is 0 Å². The molecule has 0 saturated heterocycles. The Kier molecular flexibility index (Phi) is 2.96. The Bertz CT molecular complexity index is 663. The molecule has 0 spiro atoms. The standard InChI is InChI=1S/C18H16O/c1-13-11-17-15(9-6-10-18(17)19-2)16(13)12-14-7-4-3-5-8-14/h3-12H,1-2H3/b16-12-. The molecule has 0 aliphatic heterocycles. The van der Waals surface area contributed by atoms with E-state index in [0.29, 0.717) is 0 Å². The third kappa shape index (κ3) is 2.08. The van der Waals surface area contributed by atoms with Gasteiger partial charge < -0.3 is 4.74 Å². The van der Waals surface area contributed by atoms with E-state index in [0.717, 1.165) is 5.75 Å². The van der Waals surface area contributed by atoms with Crippen molar-refractivity contribution in [3.63, 3.8) is 0 Å². The van der Waals surface area contributed by atoms with Crippen molar-refractivity contribution in [2.75, 3.05) is 7.11 Å². The number of fused-ring (bicyclic) bond motifs is 1. The zero-order valence-corrected chi connectivity index (χ0v) is 11.2. The van der Waals surface area contributed by atoms with Gasteiger partial charge in [-0.1, -0.05) is 42.5 Å². The molecule has 1 aliphatic carbocycles. The lowest BCUT2D eigenvalue weighted by Crippen LogP contribution is -1.89. The van der Waals surface area contributed by atoms with E-state index in [4.69, 9.17) is 4.74 Å². The maximum atomic E-state index is 5.43. The average molecular weight is 248 g/mol. The fourth-order valence-corrected chi connectivity index (χ4v) is 2.52. The van der Waals surface area contributed by atoms with Crippen molar-refractivity contribution in [2.45, 2.75) is 6.92 Å². The van der Waals surface area contributed by atoms with Crippen molar-refractivity contribution in [1.82, 2.24) is 0 Å². The van der Waals surface area contributed by atoms with E-state index in [1.807, 2.05) is 18.2 Å². The van der Waals surface area contributed by atoms with Gasteiger partial charge in [0.1, 0.15) is 5.75 Å². The molecule has 1 nitrogen and oxygen atoms in total. The summed E-state index contributed by atoms with van der Waals surface area (Å²) in [5.41, 5.74) is 6.22. The predicted molar refractivity (Wildman–Crippen MR) is 81.0 cm³/mol. The summed E-state index contributed by atoms with van der Waals surface area (Å²) in [5, 5.41) is 0. The maximum absolute atomic E-state index is 5.43. The van der Waals surface area contributed by atoms with E-state index in [1.165, 1.54) is 27.8 Å². The van der Waals surface area contributed by atoms with Gasteiger partial charge in [0, 0.05) is 5.56 Å². The van der Waals surface area contributed by atoms with Crippen LogP contribution in [0.15, 0.2) is 54.1 Å². The molecule has 0 N–H and O–H groups in total. The lowest BCUT2D eigenvalue weighted by atomic mass is 10.0. The van der Waals surface area contributed by atoms with Crippen LogP contribution < -0.4 is 4.74 Å². The zero-order valence-electron chi connectivity index (χ0n) is 11.2. The Morgan fingerprint density at radius 1 is 0.947 bits per heavy atom. The van der Waals surface area contributed by atoms with Crippen LogP contribution in [0.25, 0.3) is 17.7 Å². The van der Waals surface area contributed by atoms with Crippen molar-refractivity contribution in [2.24, 2.45) is 0 Å². The van der Waals surface area contributed by atoms with Crippen molar-refractivity contribution < 1.29 is 4.74 Å². The molecule has 3 rings (SSSR count). The first-order valence-electron chi connectivity index (χ1n) is 6.42. The quantitative estimate of drug-likeness (QED) is 0.751. The second-order valence-corrected chi connectivity index (χ2v) is 4.72. The fraction of sp³-hybridized carbons (Fsp3) is 0.111. The van der Waals surface area contributed by atoms with Gasteiger partial charge in [-0.15, -0.1) is 0 Å². The summed E-state index contributed by atoms with van der Waals surface area (Å²) < 4.78 is 5.43. The van der Waals surface area contributed by atoms with E-state index >= 15 is 0 Å². The Morgan fingerprint density at radius 2 is 1.74 bits per heavy atom. The van der Waals surface area contributed by atoms with Gasteiger partial charge >= 0.3 is 0 Å². The number of allylic oxidation sites excluding steroid dienone is 2. The van der Waals surface area contributed by atoms with Gasteiger partial charge in [-0.25, -0.2) is 0 Å². The van der Waals surface area contributed by atoms with E-state index in [9.17, 15) is 0 Å². The average Bonchev–Trinajstić information content (AvgIpc) is 2.76. The lowest BCUT2D eigenvalue weighted by molar-refractivity contribution is 0.414. The highest BCUT2D eigenvalue weighted by Crippen LogP contribution is 2.40. The molecule has 0 amide bonds. The molecule has 1 aliphatic rings. The second kappa shape index (κ2) is 4.77. The molecule has 0 saturated carbocycles. The van der Waals surface area contributed by atoms with Crippen LogP contribution in [0.4, 0.5) is 0 Å². The van der Waals surface area contributed by atoms with Crippen molar-refractivity contribution >= 4 is 17.7 Å². The predicted octanol–water partition coefficient (Wildman–Crippen LogP) is 4.65. The van der Waals surface area contributed by atoms with Crippen molar-refractivity contribution in [1.29, 1.82) is 0 Å². The van der Waals surface area contributed by atoms with E-state index in [-0.39, 0.29) is 0 Å². The van der Waals surface area contributed by atoms with Gasteiger partial charge in [-0.3, -0.25) is 0 Å². The van der Waals surface area contributed by atoms with Crippen molar-refractivity contribution in [3.8, 4) is 5.75 Å². The number of methoxy groups -OCH3 is 1. The SMILES string of the molecule is COc1cccc2c1C=C(C)/C2=C/c1ccccc1. The van der Waals surface area contributed by atoms with Crippen LogP contribution in [0.5, 0.6) is 5.75 Å². The normalized spacial score (nSPS) is 15.3. The maximum Gasteiger partial charge on any atom is 0.126 e. The summed E-state index contributed by atoms with van der Waals surface area (Å²) in [6.07, 6.45) is 4.43. The monoisotopic (exact) mass is 248 g/mol. The molecule has 2 aromatic rings.